The maximum atomic E-state index is 12.0. The van der Waals surface area contributed by atoms with Crippen LogP contribution in [0.5, 0.6) is 0 Å². The van der Waals surface area contributed by atoms with Crippen molar-refractivity contribution in [2.24, 2.45) is 5.92 Å². The average molecular weight is 245 g/mol. The van der Waals surface area contributed by atoms with Gasteiger partial charge in [0.1, 0.15) is 6.04 Å². The van der Waals surface area contributed by atoms with Crippen molar-refractivity contribution in [3.8, 4) is 0 Å². The zero-order chi connectivity index (χ0) is 11.7. The van der Waals surface area contributed by atoms with Crippen molar-refractivity contribution in [2.45, 2.75) is 25.0 Å². The van der Waals surface area contributed by atoms with E-state index >= 15 is 0 Å². The van der Waals surface area contributed by atoms with E-state index in [2.05, 4.69) is 0 Å². The molecule has 6 heteroatoms. The standard InChI is InChI=1S/C10H15NO4S/c12-7-3-8(10(14)15)11(4-7)9(13)6-1-2-16-5-6/h6-8,12H,1-5H2,(H,14,15)/t6?,7?,8-/m0/s1. The van der Waals surface area contributed by atoms with Crippen molar-refractivity contribution in [3.05, 3.63) is 0 Å². The lowest BCUT2D eigenvalue weighted by atomic mass is 10.1. The van der Waals surface area contributed by atoms with Gasteiger partial charge in [-0.05, 0) is 12.2 Å². The summed E-state index contributed by atoms with van der Waals surface area (Å²) in [5.41, 5.74) is 0. The molecule has 2 aliphatic heterocycles. The normalized spacial score (nSPS) is 34.3. The van der Waals surface area contributed by atoms with Gasteiger partial charge in [-0.2, -0.15) is 11.8 Å². The molecule has 0 aliphatic carbocycles. The first-order chi connectivity index (χ1) is 7.59. The molecule has 90 valence electrons. The Bertz CT molecular complexity index is 303. The molecule has 0 aromatic heterocycles. The van der Waals surface area contributed by atoms with Gasteiger partial charge in [0.25, 0.3) is 0 Å². The quantitative estimate of drug-likeness (QED) is 0.703. The van der Waals surface area contributed by atoms with Crippen LogP contribution >= 0.6 is 11.8 Å². The molecule has 2 unspecified atom stereocenters. The van der Waals surface area contributed by atoms with Crippen LogP contribution in [0.4, 0.5) is 0 Å². The highest BCUT2D eigenvalue weighted by atomic mass is 32.2. The van der Waals surface area contributed by atoms with E-state index in [1.807, 2.05) is 0 Å². The summed E-state index contributed by atoms with van der Waals surface area (Å²) in [6.07, 6.45) is 0.280. The Labute approximate surface area is 97.8 Å². The number of aliphatic carboxylic acids is 1. The van der Waals surface area contributed by atoms with Crippen LogP contribution in [0.25, 0.3) is 0 Å². The van der Waals surface area contributed by atoms with Crippen molar-refractivity contribution in [3.63, 3.8) is 0 Å². The topological polar surface area (TPSA) is 77.8 Å². The maximum Gasteiger partial charge on any atom is 0.326 e. The zero-order valence-electron chi connectivity index (χ0n) is 8.83. The molecule has 5 nitrogen and oxygen atoms in total. The number of carboxylic acids is 1. The molecular weight excluding hydrogens is 230 g/mol. The fraction of sp³-hybridized carbons (Fsp3) is 0.800. The van der Waals surface area contributed by atoms with Crippen LogP contribution in [0.2, 0.25) is 0 Å². The number of β-amino-alcohol motifs (C(OH)–C–C–N with tert-alkyl or cyclic N) is 1. The van der Waals surface area contributed by atoms with Crippen molar-refractivity contribution < 1.29 is 19.8 Å². The van der Waals surface area contributed by atoms with E-state index in [0.717, 1.165) is 17.9 Å². The highest BCUT2D eigenvalue weighted by Crippen LogP contribution is 2.28. The summed E-state index contributed by atoms with van der Waals surface area (Å²) < 4.78 is 0. The van der Waals surface area contributed by atoms with E-state index in [0.29, 0.717) is 0 Å². The van der Waals surface area contributed by atoms with Crippen molar-refractivity contribution in [1.29, 1.82) is 0 Å². The lowest BCUT2D eigenvalue weighted by Crippen LogP contribution is -2.43. The summed E-state index contributed by atoms with van der Waals surface area (Å²) in [5.74, 6) is 0.559. The summed E-state index contributed by atoms with van der Waals surface area (Å²) in [6, 6.07) is -0.840. The molecule has 0 spiro atoms. The summed E-state index contributed by atoms with van der Waals surface area (Å²) >= 11 is 1.72. The smallest absolute Gasteiger partial charge is 0.326 e. The number of nitrogens with zero attached hydrogens (tertiary/aromatic N) is 1. The Balaban J connectivity index is 2.06. The minimum Gasteiger partial charge on any atom is -0.480 e. The molecule has 2 fully saturated rings. The van der Waals surface area contributed by atoms with Gasteiger partial charge in [0.05, 0.1) is 6.10 Å². The van der Waals surface area contributed by atoms with Crippen LogP contribution in [0.3, 0.4) is 0 Å². The van der Waals surface area contributed by atoms with E-state index in [1.54, 1.807) is 11.8 Å². The van der Waals surface area contributed by atoms with Crippen molar-refractivity contribution in [2.75, 3.05) is 18.1 Å². The molecule has 0 aromatic rings. The SMILES string of the molecule is O=C(O)[C@@H]1CC(O)CN1C(=O)C1CCSC1. The summed E-state index contributed by atoms with van der Waals surface area (Å²) in [6.45, 7) is 0.164. The first-order valence-electron chi connectivity index (χ1n) is 5.38. The van der Waals surface area contributed by atoms with Gasteiger partial charge in [-0.3, -0.25) is 4.79 Å². The van der Waals surface area contributed by atoms with Gasteiger partial charge in [-0.1, -0.05) is 0 Å². The zero-order valence-corrected chi connectivity index (χ0v) is 9.65. The average Bonchev–Trinajstić information content (AvgIpc) is 2.84. The number of likely N-dealkylation sites (tertiary alicyclic amines) is 1. The van der Waals surface area contributed by atoms with Gasteiger partial charge in [-0.15, -0.1) is 0 Å². The number of carbonyl (C=O) groups is 2. The minimum absolute atomic E-state index is 0.0582. The van der Waals surface area contributed by atoms with E-state index < -0.39 is 18.1 Å². The van der Waals surface area contributed by atoms with E-state index in [9.17, 15) is 14.7 Å². The van der Waals surface area contributed by atoms with E-state index in [-0.39, 0.29) is 24.8 Å². The largest absolute Gasteiger partial charge is 0.480 e. The minimum atomic E-state index is -1.02. The third-order valence-electron chi connectivity index (χ3n) is 3.13. The third kappa shape index (κ3) is 2.17. The van der Waals surface area contributed by atoms with Gasteiger partial charge < -0.3 is 15.1 Å². The maximum absolute atomic E-state index is 12.0. The van der Waals surface area contributed by atoms with Gasteiger partial charge in [0, 0.05) is 24.6 Å². The Morgan fingerprint density at radius 3 is 2.69 bits per heavy atom. The number of aliphatic hydroxyl groups excluding tert-OH is 1. The van der Waals surface area contributed by atoms with E-state index in [1.165, 1.54) is 4.90 Å². The lowest BCUT2D eigenvalue weighted by Gasteiger charge is -2.24. The van der Waals surface area contributed by atoms with E-state index in [4.69, 9.17) is 5.11 Å². The fourth-order valence-corrected chi connectivity index (χ4v) is 3.47. The molecule has 0 aromatic carbocycles. The molecule has 2 heterocycles. The first-order valence-corrected chi connectivity index (χ1v) is 6.54. The molecule has 2 aliphatic rings. The Hall–Kier alpha value is -0.750. The molecular formula is C10H15NO4S. The Morgan fingerprint density at radius 2 is 2.12 bits per heavy atom. The van der Waals surface area contributed by atoms with Crippen LogP contribution in [0.1, 0.15) is 12.8 Å². The Kier molecular flexibility index (Phi) is 3.39. The second kappa shape index (κ2) is 4.63. The van der Waals surface area contributed by atoms with Crippen molar-refractivity contribution >= 4 is 23.6 Å². The Morgan fingerprint density at radius 1 is 1.38 bits per heavy atom. The molecule has 2 saturated heterocycles. The molecule has 2 N–H and O–H groups in total. The fourth-order valence-electron chi connectivity index (χ4n) is 2.26. The number of hydrogen-bond acceptors (Lipinski definition) is 4. The molecule has 0 bridgehead atoms. The number of amides is 1. The number of thioether (sulfide) groups is 1. The van der Waals surface area contributed by atoms with Crippen LogP contribution < -0.4 is 0 Å². The number of carboxylic acid groups (broad SMARTS) is 1. The van der Waals surface area contributed by atoms with Gasteiger partial charge in [-0.25, -0.2) is 4.79 Å². The number of aliphatic hydroxyl groups is 1. The first kappa shape index (κ1) is 11.7. The summed E-state index contributed by atoms with van der Waals surface area (Å²) in [7, 11) is 0. The molecule has 16 heavy (non-hydrogen) atoms. The highest BCUT2D eigenvalue weighted by Gasteiger charge is 2.41. The molecule has 0 saturated carbocycles. The lowest BCUT2D eigenvalue weighted by molar-refractivity contribution is -0.149. The van der Waals surface area contributed by atoms with Gasteiger partial charge in [0.15, 0.2) is 0 Å². The third-order valence-corrected chi connectivity index (χ3v) is 4.29. The van der Waals surface area contributed by atoms with Crippen molar-refractivity contribution in [1.82, 2.24) is 4.90 Å². The van der Waals surface area contributed by atoms with Crippen LogP contribution in [0, 0.1) is 5.92 Å². The second-order valence-electron chi connectivity index (χ2n) is 4.29. The number of rotatable bonds is 2. The molecule has 2 rings (SSSR count). The predicted molar refractivity (Wildman–Crippen MR) is 59.2 cm³/mol. The van der Waals surface area contributed by atoms with Crippen LogP contribution in [-0.2, 0) is 9.59 Å². The van der Waals surface area contributed by atoms with Gasteiger partial charge >= 0.3 is 5.97 Å². The predicted octanol–water partition coefficient (Wildman–Crippen LogP) is -0.214. The molecule has 3 atom stereocenters. The summed E-state index contributed by atoms with van der Waals surface area (Å²) in [4.78, 5) is 24.3. The number of hydrogen-bond donors (Lipinski definition) is 2. The van der Waals surface area contributed by atoms with Crippen LogP contribution in [0.15, 0.2) is 0 Å². The van der Waals surface area contributed by atoms with Gasteiger partial charge in [0.2, 0.25) is 5.91 Å². The number of carbonyl (C=O) groups excluding carboxylic acids is 1. The highest BCUT2D eigenvalue weighted by molar-refractivity contribution is 7.99. The molecule has 0 radical (unpaired) electrons. The summed E-state index contributed by atoms with van der Waals surface area (Å²) in [5, 5.41) is 18.4. The second-order valence-corrected chi connectivity index (χ2v) is 5.44. The molecule has 1 amide bonds. The van der Waals surface area contributed by atoms with Crippen LogP contribution in [-0.4, -0.2) is 57.2 Å². The monoisotopic (exact) mass is 245 g/mol.